The van der Waals surface area contributed by atoms with E-state index in [0.717, 1.165) is 16.8 Å². The second-order valence-corrected chi connectivity index (χ2v) is 7.74. The highest BCUT2D eigenvalue weighted by Crippen LogP contribution is 2.39. The third-order valence-corrected chi connectivity index (χ3v) is 5.59. The van der Waals surface area contributed by atoms with Gasteiger partial charge in [0.05, 0.1) is 38.4 Å². The molecule has 2 heterocycles. The van der Waals surface area contributed by atoms with Crippen molar-refractivity contribution in [2.75, 3.05) is 32.1 Å². The molecule has 2 aromatic carbocycles. The van der Waals surface area contributed by atoms with E-state index in [1.165, 1.54) is 7.11 Å². The summed E-state index contributed by atoms with van der Waals surface area (Å²) in [5.41, 5.74) is 10.1. The molecule has 0 aliphatic carbocycles. The summed E-state index contributed by atoms with van der Waals surface area (Å²) in [6.45, 7) is 3.72. The third-order valence-electron chi connectivity index (χ3n) is 5.35. The minimum atomic E-state index is -0.368. The van der Waals surface area contributed by atoms with E-state index >= 15 is 0 Å². The Hall–Kier alpha value is -3.85. The van der Waals surface area contributed by atoms with E-state index in [9.17, 15) is 4.79 Å². The number of amides is 1. The predicted octanol–water partition coefficient (Wildman–Crippen LogP) is 4.30. The van der Waals surface area contributed by atoms with E-state index in [-0.39, 0.29) is 5.91 Å². The zero-order chi connectivity index (χ0) is 23.7. The highest BCUT2D eigenvalue weighted by molar-refractivity contribution is 6.31. The SMILES string of the molecule is COc1ccc(Cl)cc1NC(=O)C1=C(C)n2nc(C)c(-c3ccc(OC)c(OC)c3)c2NN1. The fourth-order valence-corrected chi connectivity index (χ4v) is 3.90. The van der Waals surface area contributed by atoms with Gasteiger partial charge in [-0.3, -0.25) is 15.6 Å². The van der Waals surface area contributed by atoms with Crippen LogP contribution in [-0.4, -0.2) is 37.0 Å². The topological polar surface area (TPSA) is 98.7 Å². The molecule has 0 atom stereocenters. The van der Waals surface area contributed by atoms with Crippen molar-refractivity contribution in [2.45, 2.75) is 13.8 Å². The average molecular weight is 470 g/mol. The second-order valence-electron chi connectivity index (χ2n) is 7.30. The Balaban J connectivity index is 1.70. The normalized spacial score (nSPS) is 12.4. The molecule has 1 aliphatic heterocycles. The van der Waals surface area contributed by atoms with Gasteiger partial charge in [0.15, 0.2) is 17.3 Å². The highest BCUT2D eigenvalue weighted by Gasteiger charge is 2.27. The van der Waals surface area contributed by atoms with Crippen LogP contribution in [0, 0.1) is 6.92 Å². The number of nitrogens with zero attached hydrogens (tertiary/aromatic N) is 2. The number of methoxy groups -OCH3 is 3. The number of aromatic nitrogens is 2. The summed E-state index contributed by atoms with van der Waals surface area (Å²) < 4.78 is 17.8. The van der Waals surface area contributed by atoms with Gasteiger partial charge in [0, 0.05) is 10.6 Å². The van der Waals surface area contributed by atoms with Crippen molar-refractivity contribution in [1.82, 2.24) is 15.2 Å². The molecule has 10 heteroatoms. The Morgan fingerprint density at radius 1 is 0.970 bits per heavy atom. The van der Waals surface area contributed by atoms with Crippen LogP contribution in [0.25, 0.3) is 16.8 Å². The van der Waals surface area contributed by atoms with Crippen LogP contribution in [0.5, 0.6) is 17.2 Å². The van der Waals surface area contributed by atoms with Gasteiger partial charge in [0.2, 0.25) is 0 Å². The first kappa shape index (κ1) is 22.3. The van der Waals surface area contributed by atoms with Gasteiger partial charge in [-0.05, 0) is 49.7 Å². The minimum Gasteiger partial charge on any atom is -0.495 e. The van der Waals surface area contributed by atoms with Crippen molar-refractivity contribution in [3.63, 3.8) is 0 Å². The van der Waals surface area contributed by atoms with Gasteiger partial charge in [-0.25, -0.2) is 4.68 Å². The van der Waals surface area contributed by atoms with Gasteiger partial charge >= 0.3 is 0 Å². The maximum atomic E-state index is 13.0. The predicted molar refractivity (Wildman–Crippen MR) is 128 cm³/mol. The van der Waals surface area contributed by atoms with E-state index in [1.54, 1.807) is 37.1 Å². The number of anilines is 2. The minimum absolute atomic E-state index is 0.311. The van der Waals surface area contributed by atoms with Crippen LogP contribution >= 0.6 is 11.6 Å². The van der Waals surface area contributed by atoms with E-state index in [0.29, 0.717) is 45.2 Å². The Bertz CT molecular complexity index is 1270. The van der Waals surface area contributed by atoms with Gasteiger partial charge in [0.1, 0.15) is 11.4 Å². The summed E-state index contributed by atoms with van der Waals surface area (Å²) in [5.74, 6) is 2.08. The molecule has 1 aliphatic rings. The lowest BCUT2D eigenvalue weighted by Gasteiger charge is -2.23. The standard InChI is InChI=1S/C23H24ClN5O4/c1-12-20(14-6-8-18(32-4)19(10-14)33-5)22-27-26-21(13(2)29(22)28-12)23(30)25-16-11-15(24)7-9-17(16)31-3/h6-11,26-27H,1-5H3,(H,25,30). The largest absolute Gasteiger partial charge is 0.495 e. The maximum absolute atomic E-state index is 13.0. The summed E-state index contributed by atoms with van der Waals surface area (Å²) in [5, 5.41) is 7.97. The molecule has 1 aromatic heterocycles. The van der Waals surface area contributed by atoms with E-state index in [2.05, 4.69) is 21.3 Å². The van der Waals surface area contributed by atoms with E-state index in [4.69, 9.17) is 25.8 Å². The monoisotopic (exact) mass is 469 g/mol. The van der Waals surface area contributed by atoms with Crippen molar-refractivity contribution < 1.29 is 19.0 Å². The van der Waals surface area contributed by atoms with Gasteiger partial charge < -0.3 is 19.5 Å². The molecule has 3 N–H and O–H groups in total. The number of ether oxygens (including phenoxy) is 3. The van der Waals surface area contributed by atoms with Crippen molar-refractivity contribution in [2.24, 2.45) is 0 Å². The summed E-state index contributed by atoms with van der Waals surface area (Å²) in [4.78, 5) is 13.0. The molecule has 0 saturated carbocycles. The molecule has 9 nitrogen and oxygen atoms in total. The number of halogens is 1. The number of fused-ring (bicyclic) bond motifs is 1. The summed E-state index contributed by atoms with van der Waals surface area (Å²) in [6, 6.07) is 10.7. The lowest BCUT2D eigenvalue weighted by atomic mass is 10.0. The molecule has 4 rings (SSSR count). The van der Waals surface area contributed by atoms with Crippen LogP contribution in [0.15, 0.2) is 42.1 Å². The van der Waals surface area contributed by atoms with Crippen LogP contribution in [0.3, 0.4) is 0 Å². The van der Waals surface area contributed by atoms with Crippen LogP contribution in [0.2, 0.25) is 5.02 Å². The van der Waals surface area contributed by atoms with Crippen molar-refractivity contribution in [3.05, 3.63) is 52.8 Å². The fourth-order valence-electron chi connectivity index (χ4n) is 3.72. The first-order valence-corrected chi connectivity index (χ1v) is 10.5. The lowest BCUT2D eigenvalue weighted by Crippen LogP contribution is -2.36. The van der Waals surface area contributed by atoms with Crippen LogP contribution in [-0.2, 0) is 4.79 Å². The zero-order valence-corrected chi connectivity index (χ0v) is 19.6. The second kappa shape index (κ2) is 8.95. The molecular formula is C23H24ClN5O4. The molecule has 0 fully saturated rings. The van der Waals surface area contributed by atoms with Crippen LogP contribution in [0.4, 0.5) is 11.5 Å². The average Bonchev–Trinajstić information content (AvgIpc) is 3.15. The Morgan fingerprint density at radius 2 is 1.67 bits per heavy atom. The number of hydrazine groups is 1. The molecule has 33 heavy (non-hydrogen) atoms. The number of aryl methyl sites for hydroxylation is 1. The molecule has 1 amide bonds. The van der Waals surface area contributed by atoms with Crippen molar-refractivity contribution in [3.8, 4) is 28.4 Å². The van der Waals surface area contributed by atoms with Crippen LogP contribution < -0.4 is 30.4 Å². The number of hydrogen-bond donors (Lipinski definition) is 3. The number of benzene rings is 2. The van der Waals surface area contributed by atoms with Crippen molar-refractivity contribution >= 4 is 34.7 Å². The molecule has 172 valence electrons. The Kier molecular flexibility index (Phi) is 6.06. The van der Waals surface area contributed by atoms with E-state index < -0.39 is 0 Å². The molecule has 0 saturated heterocycles. The quantitative estimate of drug-likeness (QED) is 0.495. The summed E-state index contributed by atoms with van der Waals surface area (Å²) >= 11 is 6.08. The molecule has 0 radical (unpaired) electrons. The van der Waals surface area contributed by atoms with Gasteiger partial charge in [-0.1, -0.05) is 17.7 Å². The molecular weight excluding hydrogens is 446 g/mol. The highest BCUT2D eigenvalue weighted by atomic mass is 35.5. The first-order valence-electron chi connectivity index (χ1n) is 10.1. The molecule has 0 spiro atoms. The lowest BCUT2D eigenvalue weighted by molar-refractivity contribution is -0.113. The fraction of sp³-hybridized carbons (Fsp3) is 0.217. The number of rotatable bonds is 6. The first-order chi connectivity index (χ1) is 15.9. The number of hydrogen-bond acceptors (Lipinski definition) is 7. The van der Waals surface area contributed by atoms with Gasteiger partial charge in [0.25, 0.3) is 5.91 Å². The van der Waals surface area contributed by atoms with E-state index in [1.807, 2.05) is 32.0 Å². The van der Waals surface area contributed by atoms with Gasteiger partial charge in [-0.15, -0.1) is 0 Å². The Morgan fingerprint density at radius 3 is 2.36 bits per heavy atom. The number of nitrogens with one attached hydrogen (secondary N) is 3. The number of carbonyl (C=O) groups excluding carboxylic acids is 1. The van der Waals surface area contributed by atoms with Gasteiger partial charge in [-0.2, -0.15) is 5.10 Å². The molecule has 0 bridgehead atoms. The number of carbonyl (C=O) groups is 1. The molecule has 3 aromatic rings. The third kappa shape index (κ3) is 4.03. The molecule has 0 unspecified atom stereocenters. The summed E-state index contributed by atoms with van der Waals surface area (Å²) in [7, 11) is 4.71. The van der Waals surface area contributed by atoms with Crippen LogP contribution in [0.1, 0.15) is 12.6 Å². The summed E-state index contributed by atoms with van der Waals surface area (Å²) in [6.07, 6.45) is 0. The Labute approximate surface area is 196 Å². The zero-order valence-electron chi connectivity index (χ0n) is 18.9. The van der Waals surface area contributed by atoms with Crippen molar-refractivity contribution in [1.29, 1.82) is 0 Å². The maximum Gasteiger partial charge on any atom is 0.275 e. The number of allylic oxidation sites excluding steroid dienone is 1. The smallest absolute Gasteiger partial charge is 0.275 e.